The summed E-state index contributed by atoms with van der Waals surface area (Å²) < 4.78 is 6.58. The third-order valence-electron chi connectivity index (χ3n) is 5.38. The van der Waals surface area contributed by atoms with Crippen molar-refractivity contribution in [2.24, 2.45) is 0 Å². The van der Waals surface area contributed by atoms with Gasteiger partial charge in [0.2, 0.25) is 0 Å². The molecule has 2 aromatic heterocycles. The molecular weight excluding hydrogens is 408 g/mol. The number of aromatic nitrogens is 2. The molecule has 31 heavy (non-hydrogen) atoms. The standard InChI is InChI=1S/C24H18N4O2S/c1-24(13-25)14-30-20-8-7-16(9-18(20)24)22(29)27-11-17-10-19-21(12-26-17)31-23(28-19)15-5-3-2-4-6-15/h2-10,12H,11,14H2,1H3,(H,27,29)/t24-/m1/s1. The summed E-state index contributed by atoms with van der Waals surface area (Å²) in [4.78, 5) is 21.9. The molecule has 6 nitrogen and oxygen atoms in total. The summed E-state index contributed by atoms with van der Waals surface area (Å²) in [5, 5.41) is 13.3. The van der Waals surface area contributed by atoms with Crippen molar-refractivity contribution in [1.82, 2.24) is 15.3 Å². The number of amides is 1. The lowest BCUT2D eigenvalue weighted by atomic mass is 9.85. The highest BCUT2D eigenvalue weighted by Crippen LogP contribution is 2.38. The molecule has 0 radical (unpaired) electrons. The fourth-order valence-electron chi connectivity index (χ4n) is 3.57. The number of thiazole rings is 1. The number of ether oxygens (including phenoxy) is 1. The molecule has 0 bridgehead atoms. The molecule has 0 saturated heterocycles. The monoisotopic (exact) mass is 426 g/mol. The molecule has 4 aromatic rings. The SMILES string of the molecule is C[C@@]1(C#N)COc2ccc(C(=O)NCc3cc4nc(-c5ccccc5)sc4cn3)cc21. The Bertz CT molecular complexity index is 1340. The van der Waals surface area contributed by atoms with Crippen LogP contribution in [0.2, 0.25) is 0 Å². The number of hydrogen-bond donors (Lipinski definition) is 1. The topological polar surface area (TPSA) is 87.9 Å². The maximum atomic E-state index is 12.7. The second kappa shape index (κ2) is 7.49. The molecule has 152 valence electrons. The van der Waals surface area contributed by atoms with E-state index in [4.69, 9.17) is 9.72 Å². The van der Waals surface area contributed by atoms with Gasteiger partial charge in [-0.3, -0.25) is 9.78 Å². The first kappa shape index (κ1) is 19.2. The van der Waals surface area contributed by atoms with Crippen LogP contribution in [0.5, 0.6) is 5.75 Å². The minimum absolute atomic E-state index is 0.222. The van der Waals surface area contributed by atoms with Gasteiger partial charge in [-0.1, -0.05) is 30.3 Å². The van der Waals surface area contributed by atoms with Crippen LogP contribution < -0.4 is 10.1 Å². The molecule has 0 fully saturated rings. The molecule has 1 amide bonds. The maximum Gasteiger partial charge on any atom is 0.251 e. The lowest BCUT2D eigenvalue weighted by Gasteiger charge is -2.12. The second-order valence-electron chi connectivity index (χ2n) is 7.65. The van der Waals surface area contributed by atoms with Gasteiger partial charge in [0.15, 0.2) is 0 Å². The van der Waals surface area contributed by atoms with Crippen LogP contribution in [0.3, 0.4) is 0 Å². The zero-order valence-electron chi connectivity index (χ0n) is 16.8. The highest BCUT2D eigenvalue weighted by Gasteiger charge is 2.37. The number of pyridine rings is 1. The first-order valence-electron chi connectivity index (χ1n) is 9.83. The van der Waals surface area contributed by atoms with Gasteiger partial charge in [-0.15, -0.1) is 11.3 Å². The molecule has 1 aliphatic heterocycles. The number of fused-ring (bicyclic) bond motifs is 2. The first-order valence-corrected chi connectivity index (χ1v) is 10.6. The quantitative estimate of drug-likeness (QED) is 0.520. The van der Waals surface area contributed by atoms with E-state index < -0.39 is 5.41 Å². The smallest absolute Gasteiger partial charge is 0.251 e. The average molecular weight is 427 g/mol. The van der Waals surface area contributed by atoms with Crippen LogP contribution in [0.1, 0.15) is 28.5 Å². The summed E-state index contributed by atoms with van der Waals surface area (Å²) in [7, 11) is 0. The maximum absolute atomic E-state index is 12.7. The Morgan fingerprint density at radius 3 is 2.90 bits per heavy atom. The Labute approximate surface area is 183 Å². The Morgan fingerprint density at radius 1 is 1.26 bits per heavy atom. The van der Waals surface area contributed by atoms with E-state index >= 15 is 0 Å². The lowest BCUT2D eigenvalue weighted by molar-refractivity contribution is 0.0950. The van der Waals surface area contributed by atoms with Gasteiger partial charge in [0.1, 0.15) is 22.8 Å². The molecule has 0 aliphatic carbocycles. The number of carbonyl (C=O) groups is 1. The van der Waals surface area contributed by atoms with Gasteiger partial charge in [0.05, 0.1) is 28.5 Å². The molecule has 2 aromatic carbocycles. The Morgan fingerprint density at radius 2 is 2.10 bits per heavy atom. The molecule has 0 spiro atoms. The Hall–Kier alpha value is -3.76. The third-order valence-corrected chi connectivity index (χ3v) is 6.44. The molecular formula is C24H18N4O2S. The van der Waals surface area contributed by atoms with Crippen molar-refractivity contribution in [3.05, 3.63) is 77.6 Å². The van der Waals surface area contributed by atoms with Crippen molar-refractivity contribution in [2.75, 3.05) is 6.61 Å². The van der Waals surface area contributed by atoms with Gasteiger partial charge < -0.3 is 10.1 Å². The van der Waals surface area contributed by atoms with Gasteiger partial charge in [-0.05, 0) is 31.2 Å². The summed E-state index contributed by atoms with van der Waals surface area (Å²) in [5.41, 5.74) is 3.17. The molecule has 0 saturated carbocycles. The summed E-state index contributed by atoms with van der Waals surface area (Å²) in [6.07, 6.45) is 1.80. The number of carbonyl (C=O) groups excluding carboxylic acids is 1. The molecule has 7 heteroatoms. The van der Waals surface area contributed by atoms with Crippen molar-refractivity contribution in [2.45, 2.75) is 18.9 Å². The van der Waals surface area contributed by atoms with E-state index in [-0.39, 0.29) is 12.5 Å². The number of benzene rings is 2. The summed E-state index contributed by atoms with van der Waals surface area (Å²) in [5.74, 6) is 0.436. The highest BCUT2D eigenvalue weighted by molar-refractivity contribution is 7.21. The van der Waals surface area contributed by atoms with Crippen molar-refractivity contribution in [1.29, 1.82) is 5.26 Å². The minimum atomic E-state index is -0.737. The fourth-order valence-corrected chi connectivity index (χ4v) is 4.49. The molecule has 3 heterocycles. The van der Waals surface area contributed by atoms with Crippen LogP contribution in [-0.4, -0.2) is 22.5 Å². The number of nitrogens with one attached hydrogen (secondary N) is 1. The van der Waals surface area contributed by atoms with Crippen LogP contribution >= 0.6 is 11.3 Å². The van der Waals surface area contributed by atoms with Gasteiger partial charge in [0.25, 0.3) is 5.91 Å². The van der Waals surface area contributed by atoms with Gasteiger partial charge >= 0.3 is 0 Å². The number of nitrogens with zero attached hydrogens (tertiary/aromatic N) is 3. The third kappa shape index (κ3) is 3.51. The van der Waals surface area contributed by atoms with Crippen LogP contribution in [0.15, 0.2) is 60.8 Å². The van der Waals surface area contributed by atoms with Crippen LogP contribution in [0.25, 0.3) is 20.8 Å². The molecule has 1 N–H and O–H groups in total. The lowest BCUT2D eigenvalue weighted by Crippen LogP contribution is -2.24. The van der Waals surface area contributed by atoms with Crippen LogP contribution in [-0.2, 0) is 12.0 Å². The summed E-state index contributed by atoms with van der Waals surface area (Å²) in [6.45, 7) is 2.40. The largest absolute Gasteiger partial charge is 0.491 e. The van der Waals surface area contributed by atoms with Crippen molar-refractivity contribution < 1.29 is 9.53 Å². The van der Waals surface area contributed by atoms with E-state index in [0.717, 1.165) is 32.0 Å². The Kier molecular flexibility index (Phi) is 4.64. The van der Waals surface area contributed by atoms with E-state index in [1.807, 2.05) is 43.3 Å². The number of hydrogen-bond acceptors (Lipinski definition) is 6. The van der Waals surface area contributed by atoms with Crippen LogP contribution in [0, 0.1) is 11.3 Å². The van der Waals surface area contributed by atoms with E-state index in [9.17, 15) is 10.1 Å². The van der Waals surface area contributed by atoms with Crippen molar-refractivity contribution in [3.8, 4) is 22.4 Å². The molecule has 5 rings (SSSR count). The fraction of sp³-hybridized carbons (Fsp3) is 0.167. The minimum Gasteiger partial charge on any atom is -0.491 e. The molecule has 0 unspecified atom stereocenters. The zero-order valence-corrected chi connectivity index (χ0v) is 17.6. The zero-order chi connectivity index (χ0) is 21.4. The highest BCUT2D eigenvalue weighted by atomic mass is 32.1. The summed E-state index contributed by atoms with van der Waals surface area (Å²) >= 11 is 1.59. The van der Waals surface area contributed by atoms with E-state index in [2.05, 4.69) is 16.4 Å². The van der Waals surface area contributed by atoms with E-state index in [1.54, 1.807) is 35.7 Å². The van der Waals surface area contributed by atoms with E-state index in [1.165, 1.54) is 0 Å². The predicted octanol–water partition coefficient (Wildman–Crippen LogP) is 4.46. The van der Waals surface area contributed by atoms with Gasteiger partial charge in [-0.25, -0.2) is 4.98 Å². The van der Waals surface area contributed by atoms with Crippen LogP contribution in [0.4, 0.5) is 0 Å². The molecule has 1 aliphatic rings. The summed E-state index contributed by atoms with van der Waals surface area (Å²) in [6, 6.07) is 19.4. The normalized spacial score (nSPS) is 17.0. The van der Waals surface area contributed by atoms with Gasteiger partial charge in [-0.2, -0.15) is 5.26 Å². The predicted molar refractivity (Wildman–Crippen MR) is 119 cm³/mol. The number of rotatable bonds is 4. The Balaban J connectivity index is 1.33. The van der Waals surface area contributed by atoms with Crippen molar-refractivity contribution in [3.63, 3.8) is 0 Å². The second-order valence-corrected chi connectivity index (χ2v) is 8.69. The first-order chi connectivity index (χ1) is 15.1. The van der Waals surface area contributed by atoms with E-state index in [0.29, 0.717) is 17.9 Å². The van der Waals surface area contributed by atoms with Gasteiger partial charge in [0, 0.05) is 22.9 Å². The number of nitriles is 1. The van der Waals surface area contributed by atoms with Crippen molar-refractivity contribution >= 4 is 27.5 Å². The average Bonchev–Trinajstić information content (AvgIpc) is 3.39. The molecule has 1 atom stereocenters.